The molecule has 0 bridgehead atoms. The highest BCUT2D eigenvalue weighted by molar-refractivity contribution is 5.79. The molecule has 1 aliphatic rings. The van der Waals surface area contributed by atoms with E-state index in [1.807, 2.05) is 36.4 Å². The second-order valence-electron chi connectivity index (χ2n) is 9.64. The molecule has 2 aromatic carbocycles. The van der Waals surface area contributed by atoms with Gasteiger partial charge in [-0.05, 0) is 59.9 Å². The number of imidazole rings is 2. The second-order valence-corrected chi connectivity index (χ2v) is 9.64. The third-order valence-electron chi connectivity index (χ3n) is 7.41. The van der Waals surface area contributed by atoms with Crippen molar-refractivity contribution in [2.75, 3.05) is 0 Å². The van der Waals surface area contributed by atoms with Gasteiger partial charge in [0.05, 0.1) is 47.6 Å². The van der Waals surface area contributed by atoms with E-state index in [2.05, 4.69) is 21.0 Å². The molecule has 2 atom stereocenters. The predicted molar refractivity (Wildman–Crippen MR) is 143 cm³/mol. The number of aliphatic hydroxyl groups is 1. The van der Waals surface area contributed by atoms with Crippen molar-refractivity contribution in [3.63, 3.8) is 0 Å². The molecular formula is C29H22N8O2. The van der Waals surface area contributed by atoms with Gasteiger partial charge in [0.1, 0.15) is 11.8 Å². The number of aromatic nitrogens is 7. The van der Waals surface area contributed by atoms with Crippen LogP contribution in [0.1, 0.15) is 47.2 Å². The van der Waals surface area contributed by atoms with E-state index in [1.54, 1.807) is 56.8 Å². The standard InChI is InChI=1S/C29H22N8O2/c30-14-19-5-6-22-24(13-19)36(17-33-22)28-32-15-25-27(34-28)37(29(39)35(25)16-18-9-11-31-12-10-18)23-7-8-26(38)21-4-2-1-3-20(21)23/h1-6,9-13,15,17,23,26,38H,7-8,16H2/t23?,26-/m1/s1. The van der Waals surface area contributed by atoms with E-state index in [0.29, 0.717) is 53.1 Å². The van der Waals surface area contributed by atoms with E-state index in [1.165, 1.54) is 0 Å². The molecule has 10 nitrogen and oxygen atoms in total. The van der Waals surface area contributed by atoms with Gasteiger partial charge in [0, 0.05) is 12.4 Å². The molecule has 39 heavy (non-hydrogen) atoms. The van der Waals surface area contributed by atoms with Gasteiger partial charge in [-0.25, -0.2) is 14.8 Å². The van der Waals surface area contributed by atoms with Gasteiger partial charge in [0.15, 0.2) is 5.65 Å². The smallest absolute Gasteiger partial charge is 0.331 e. The Bertz CT molecular complexity index is 1970. The molecule has 1 aliphatic carbocycles. The van der Waals surface area contributed by atoms with Gasteiger partial charge in [-0.2, -0.15) is 10.2 Å². The fourth-order valence-corrected chi connectivity index (χ4v) is 5.52. The van der Waals surface area contributed by atoms with Gasteiger partial charge < -0.3 is 5.11 Å². The third-order valence-corrected chi connectivity index (χ3v) is 7.41. The van der Waals surface area contributed by atoms with Crippen LogP contribution in [0.15, 0.2) is 84.3 Å². The average molecular weight is 515 g/mol. The predicted octanol–water partition coefficient (Wildman–Crippen LogP) is 3.66. The van der Waals surface area contributed by atoms with Gasteiger partial charge in [0.25, 0.3) is 0 Å². The zero-order valence-corrected chi connectivity index (χ0v) is 20.7. The Kier molecular flexibility index (Phi) is 5.31. The maximum absolute atomic E-state index is 14.1. The number of hydrogen-bond acceptors (Lipinski definition) is 7. The van der Waals surface area contributed by atoms with Crippen molar-refractivity contribution in [3.05, 3.63) is 112 Å². The maximum Gasteiger partial charge on any atom is 0.331 e. The Morgan fingerprint density at radius 3 is 2.64 bits per heavy atom. The summed E-state index contributed by atoms with van der Waals surface area (Å²) in [5, 5.41) is 20.1. The fourth-order valence-electron chi connectivity index (χ4n) is 5.52. The van der Waals surface area contributed by atoms with E-state index in [9.17, 15) is 15.2 Å². The van der Waals surface area contributed by atoms with Gasteiger partial charge in [-0.1, -0.05) is 24.3 Å². The first-order valence-corrected chi connectivity index (χ1v) is 12.6. The van der Waals surface area contributed by atoms with E-state index in [0.717, 1.165) is 16.7 Å². The molecule has 0 amide bonds. The van der Waals surface area contributed by atoms with Gasteiger partial charge in [0.2, 0.25) is 5.95 Å². The SMILES string of the molecule is N#Cc1ccc2ncn(-c3ncc4c(n3)n(C3CC[C@@H](O)c5ccccc53)c(=O)n4Cc3ccncc3)c2c1. The molecule has 0 spiro atoms. The molecule has 10 heteroatoms. The molecule has 0 saturated carbocycles. The summed E-state index contributed by atoms with van der Waals surface area (Å²) in [4.78, 5) is 32.2. The number of hydrogen-bond donors (Lipinski definition) is 1. The lowest BCUT2D eigenvalue weighted by atomic mass is 9.85. The highest BCUT2D eigenvalue weighted by atomic mass is 16.3. The van der Waals surface area contributed by atoms with E-state index < -0.39 is 6.10 Å². The fraction of sp³-hybridized carbons (Fsp3) is 0.172. The summed E-state index contributed by atoms with van der Waals surface area (Å²) in [5.74, 6) is 0.346. The zero-order chi connectivity index (χ0) is 26.5. The number of fused-ring (bicyclic) bond motifs is 3. The lowest BCUT2D eigenvalue weighted by Crippen LogP contribution is -2.31. The summed E-state index contributed by atoms with van der Waals surface area (Å²) in [6.07, 6.45) is 7.24. The van der Waals surface area contributed by atoms with E-state index in [4.69, 9.17) is 4.98 Å². The molecule has 4 heterocycles. The van der Waals surface area contributed by atoms with Crippen LogP contribution in [0.4, 0.5) is 0 Å². The molecule has 0 saturated heterocycles. The minimum Gasteiger partial charge on any atom is -0.388 e. The lowest BCUT2D eigenvalue weighted by molar-refractivity contribution is 0.147. The Labute approximate surface area is 222 Å². The summed E-state index contributed by atoms with van der Waals surface area (Å²) in [5.41, 5.74) is 5.47. The highest BCUT2D eigenvalue weighted by Gasteiger charge is 2.31. The second kappa shape index (κ2) is 9.01. The molecule has 1 N–H and O–H groups in total. The highest BCUT2D eigenvalue weighted by Crippen LogP contribution is 2.38. The Morgan fingerprint density at radius 1 is 1.00 bits per heavy atom. The molecule has 4 aromatic heterocycles. The Morgan fingerprint density at radius 2 is 1.82 bits per heavy atom. The van der Waals surface area contributed by atoms with Crippen LogP contribution >= 0.6 is 0 Å². The van der Waals surface area contributed by atoms with Crippen LogP contribution in [-0.2, 0) is 6.54 Å². The summed E-state index contributed by atoms with van der Waals surface area (Å²) >= 11 is 0. The number of nitriles is 1. The van der Waals surface area contributed by atoms with Crippen LogP contribution < -0.4 is 5.69 Å². The molecule has 6 aromatic rings. The van der Waals surface area contributed by atoms with Crippen molar-refractivity contribution in [3.8, 4) is 12.0 Å². The minimum absolute atomic E-state index is 0.202. The van der Waals surface area contributed by atoms with Crippen molar-refractivity contribution >= 4 is 22.2 Å². The van der Waals surface area contributed by atoms with Crippen LogP contribution in [0.3, 0.4) is 0 Å². The van der Waals surface area contributed by atoms with Gasteiger partial charge >= 0.3 is 5.69 Å². The third kappa shape index (κ3) is 3.71. The normalized spacial score (nSPS) is 16.8. The topological polar surface area (TPSA) is 127 Å². The van der Waals surface area contributed by atoms with Crippen molar-refractivity contribution < 1.29 is 5.11 Å². The van der Waals surface area contributed by atoms with E-state index in [-0.39, 0.29) is 11.7 Å². The molecule has 190 valence electrons. The molecule has 0 aliphatic heterocycles. The zero-order valence-electron chi connectivity index (χ0n) is 20.7. The summed E-state index contributed by atoms with van der Waals surface area (Å²) in [6, 6.07) is 18.6. The largest absolute Gasteiger partial charge is 0.388 e. The number of benzene rings is 2. The van der Waals surface area contributed by atoms with Crippen LogP contribution in [0.2, 0.25) is 0 Å². The first-order valence-electron chi connectivity index (χ1n) is 12.6. The number of rotatable bonds is 4. The molecule has 7 rings (SSSR count). The summed E-state index contributed by atoms with van der Waals surface area (Å²) < 4.78 is 5.14. The van der Waals surface area contributed by atoms with Gasteiger partial charge in [-0.15, -0.1) is 0 Å². The lowest BCUT2D eigenvalue weighted by Gasteiger charge is -2.29. The average Bonchev–Trinajstić information content (AvgIpc) is 3.52. The van der Waals surface area contributed by atoms with E-state index >= 15 is 0 Å². The number of pyridine rings is 1. The van der Waals surface area contributed by atoms with Crippen molar-refractivity contribution in [2.24, 2.45) is 0 Å². The Hall–Kier alpha value is -5.14. The summed E-state index contributed by atoms with van der Waals surface area (Å²) in [6.45, 7) is 0.337. The number of aliphatic hydroxyl groups excluding tert-OH is 1. The van der Waals surface area contributed by atoms with Crippen molar-refractivity contribution in [1.29, 1.82) is 5.26 Å². The quantitative estimate of drug-likeness (QED) is 0.380. The monoisotopic (exact) mass is 514 g/mol. The van der Waals surface area contributed by atoms with Crippen LogP contribution in [0.25, 0.3) is 28.1 Å². The molecule has 0 fully saturated rings. The molecular weight excluding hydrogens is 492 g/mol. The first kappa shape index (κ1) is 23.0. The maximum atomic E-state index is 14.1. The Balaban J connectivity index is 1.47. The minimum atomic E-state index is -0.574. The number of nitrogens with zero attached hydrogens (tertiary/aromatic N) is 8. The van der Waals surface area contributed by atoms with Crippen LogP contribution in [0.5, 0.6) is 0 Å². The van der Waals surface area contributed by atoms with Crippen LogP contribution in [-0.4, -0.2) is 38.7 Å². The molecule has 1 unspecified atom stereocenters. The first-order chi connectivity index (χ1) is 19.1. The molecule has 0 radical (unpaired) electrons. The summed E-state index contributed by atoms with van der Waals surface area (Å²) in [7, 11) is 0. The van der Waals surface area contributed by atoms with Gasteiger partial charge in [-0.3, -0.25) is 18.7 Å². The van der Waals surface area contributed by atoms with Crippen molar-refractivity contribution in [2.45, 2.75) is 31.5 Å². The van der Waals surface area contributed by atoms with Crippen molar-refractivity contribution in [1.82, 2.24) is 33.6 Å². The van der Waals surface area contributed by atoms with Crippen LogP contribution in [0, 0.1) is 11.3 Å².